The fraction of sp³-hybridized carbons (Fsp3) is 0.217. The number of aromatic hydroxyl groups is 1. The van der Waals surface area contributed by atoms with Crippen molar-refractivity contribution in [3.05, 3.63) is 77.4 Å². The minimum Gasteiger partial charge on any atom is -0.508 e. The number of phenols is 1. The van der Waals surface area contributed by atoms with Crippen LogP contribution in [-0.4, -0.2) is 42.7 Å². The number of aldehydes is 1. The molecule has 4 nitrogen and oxygen atoms in total. The molecule has 0 aliphatic heterocycles. The summed E-state index contributed by atoms with van der Waals surface area (Å²) in [7, 11) is 3.88. The Morgan fingerprint density at radius 1 is 1.07 bits per heavy atom. The molecular formula is C23H23NO3. The number of benzene rings is 3. The van der Waals surface area contributed by atoms with E-state index in [0.29, 0.717) is 29.5 Å². The van der Waals surface area contributed by atoms with Crippen molar-refractivity contribution in [2.45, 2.75) is 6.42 Å². The third-order valence-corrected chi connectivity index (χ3v) is 4.71. The minimum absolute atomic E-state index is 0.0374. The molecule has 0 saturated heterocycles. The van der Waals surface area contributed by atoms with E-state index in [-0.39, 0.29) is 17.5 Å². The van der Waals surface area contributed by atoms with E-state index in [1.54, 1.807) is 24.3 Å². The van der Waals surface area contributed by atoms with Gasteiger partial charge in [0.05, 0.1) is 0 Å². The summed E-state index contributed by atoms with van der Waals surface area (Å²) in [6.45, 7) is 0.597. The molecule has 0 amide bonds. The molecular weight excluding hydrogens is 338 g/mol. The van der Waals surface area contributed by atoms with Gasteiger partial charge in [-0.1, -0.05) is 42.5 Å². The maximum atomic E-state index is 13.3. The van der Waals surface area contributed by atoms with Crippen LogP contribution in [0.1, 0.15) is 26.3 Å². The quantitative estimate of drug-likeness (QED) is 0.511. The molecule has 0 aromatic heterocycles. The highest BCUT2D eigenvalue weighted by atomic mass is 16.3. The molecule has 0 radical (unpaired) electrons. The molecule has 3 aromatic rings. The van der Waals surface area contributed by atoms with E-state index >= 15 is 0 Å². The first kappa shape index (κ1) is 18.8. The van der Waals surface area contributed by atoms with Crippen LogP contribution in [0.25, 0.3) is 10.8 Å². The monoisotopic (exact) mass is 361 g/mol. The third-order valence-electron chi connectivity index (χ3n) is 4.71. The van der Waals surface area contributed by atoms with Gasteiger partial charge in [0.2, 0.25) is 0 Å². The van der Waals surface area contributed by atoms with Crippen LogP contribution in [0.15, 0.2) is 60.7 Å². The summed E-state index contributed by atoms with van der Waals surface area (Å²) >= 11 is 0. The molecule has 1 N–H and O–H groups in total. The highest BCUT2D eigenvalue weighted by Gasteiger charge is 2.24. The van der Waals surface area contributed by atoms with Crippen molar-refractivity contribution in [3.8, 4) is 5.75 Å². The van der Waals surface area contributed by atoms with Gasteiger partial charge in [-0.15, -0.1) is 0 Å². The Bertz CT molecular complexity index is 964. The SMILES string of the molecule is CN(C)CC(Cc1ccccc1)C(=O)c1ccc2cc(O)ccc2c1C=O. The Labute approximate surface area is 159 Å². The Morgan fingerprint density at radius 2 is 1.81 bits per heavy atom. The number of carbonyl (C=O) groups is 2. The van der Waals surface area contributed by atoms with Crippen molar-refractivity contribution in [2.24, 2.45) is 5.92 Å². The maximum Gasteiger partial charge on any atom is 0.168 e. The first-order valence-corrected chi connectivity index (χ1v) is 8.93. The zero-order valence-electron chi connectivity index (χ0n) is 15.6. The van der Waals surface area contributed by atoms with Gasteiger partial charge in [-0.2, -0.15) is 0 Å². The molecule has 0 aliphatic carbocycles. The van der Waals surface area contributed by atoms with Crippen LogP contribution in [0.4, 0.5) is 0 Å². The van der Waals surface area contributed by atoms with Gasteiger partial charge in [-0.05, 0) is 55.1 Å². The Hall–Kier alpha value is -2.98. The largest absolute Gasteiger partial charge is 0.508 e. The first-order valence-electron chi connectivity index (χ1n) is 8.93. The van der Waals surface area contributed by atoms with Crippen LogP contribution in [0.5, 0.6) is 5.75 Å². The van der Waals surface area contributed by atoms with Gasteiger partial charge in [0.1, 0.15) is 5.75 Å². The van der Waals surface area contributed by atoms with Gasteiger partial charge in [0.25, 0.3) is 0 Å². The van der Waals surface area contributed by atoms with Crippen molar-refractivity contribution in [1.82, 2.24) is 4.90 Å². The molecule has 3 rings (SSSR count). The van der Waals surface area contributed by atoms with Gasteiger partial charge in [-0.3, -0.25) is 9.59 Å². The predicted octanol–water partition coefficient (Wildman–Crippen LogP) is 3.96. The summed E-state index contributed by atoms with van der Waals surface area (Å²) in [4.78, 5) is 27.1. The third kappa shape index (κ3) is 4.23. The minimum atomic E-state index is -0.254. The van der Waals surface area contributed by atoms with Gasteiger partial charge in [-0.25, -0.2) is 0 Å². The molecule has 0 aliphatic rings. The molecule has 138 valence electrons. The molecule has 1 unspecified atom stereocenters. The maximum absolute atomic E-state index is 13.3. The fourth-order valence-electron chi connectivity index (χ4n) is 3.48. The summed E-state index contributed by atoms with van der Waals surface area (Å²) in [5, 5.41) is 11.1. The molecule has 27 heavy (non-hydrogen) atoms. The van der Waals surface area contributed by atoms with Crippen molar-refractivity contribution in [2.75, 3.05) is 20.6 Å². The number of fused-ring (bicyclic) bond motifs is 1. The highest BCUT2D eigenvalue weighted by Crippen LogP contribution is 2.27. The number of Topliss-reactive ketones (excluding diaryl/α,β-unsaturated/α-hetero) is 1. The Balaban J connectivity index is 2.02. The van der Waals surface area contributed by atoms with Crippen LogP contribution in [0.3, 0.4) is 0 Å². The van der Waals surface area contributed by atoms with Crippen LogP contribution in [0.2, 0.25) is 0 Å². The zero-order chi connectivity index (χ0) is 19.4. The number of phenolic OH excluding ortho intramolecular Hbond substituents is 1. The van der Waals surface area contributed by atoms with Crippen molar-refractivity contribution in [3.63, 3.8) is 0 Å². The average Bonchev–Trinajstić information content (AvgIpc) is 2.66. The summed E-state index contributed by atoms with van der Waals surface area (Å²) in [5.41, 5.74) is 1.91. The number of carbonyl (C=O) groups excluding carboxylic acids is 2. The van der Waals surface area contributed by atoms with Crippen molar-refractivity contribution < 1.29 is 14.7 Å². The van der Waals surface area contributed by atoms with E-state index in [0.717, 1.165) is 17.2 Å². The molecule has 1 atom stereocenters. The van der Waals surface area contributed by atoms with Gasteiger partial charge in [0.15, 0.2) is 12.1 Å². The topological polar surface area (TPSA) is 57.6 Å². The Morgan fingerprint density at radius 3 is 2.48 bits per heavy atom. The molecule has 0 fully saturated rings. The average molecular weight is 361 g/mol. The van der Waals surface area contributed by atoms with E-state index in [1.807, 2.05) is 49.3 Å². The normalized spacial score (nSPS) is 12.3. The predicted molar refractivity (Wildman–Crippen MR) is 108 cm³/mol. The number of hydrogen-bond acceptors (Lipinski definition) is 4. The lowest BCUT2D eigenvalue weighted by Gasteiger charge is -2.21. The highest BCUT2D eigenvalue weighted by molar-refractivity contribution is 6.11. The van der Waals surface area contributed by atoms with E-state index in [2.05, 4.69) is 0 Å². The zero-order valence-corrected chi connectivity index (χ0v) is 15.6. The van der Waals surface area contributed by atoms with Crippen LogP contribution in [0, 0.1) is 5.92 Å². The molecule has 0 heterocycles. The summed E-state index contributed by atoms with van der Waals surface area (Å²) in [6, 6.07) is 18.2. The number of rotatable bonds is 7. The second kappa shape index (κ2) is 8.14. The summed E-state index contributed by atoms with van der Waals surface area (Å²) < 4.78 is 0. The Kier molecular flexibility index (Phi) is 5.67. The molecule has 0 saturated carbocycles. The number of ketones is 1. The van der Waals surface area contributed by atoms with Gasteiger partial charge >= 0.3 is 0 Å². The molecule has 4 heteroatoms. The lowest BCUT2D eigenvalue weighted by atomic mass is 9.87. The second-order valence-electron chi connectivity index (χ2n) is 7.06. The van der Waals surface area contributed by atoms with Crippen molar-refractivity contribution in [1.29, 1.82) is 0 Å². The van der Waals surface area contributed by atoms with Gasteiger partial charge < -0.3 is 10.0 Å². The molecule has 0 spiro atoms. The van der Waals surface area contributed by atoms with Crippen LogP contribution in [-0.2, 0) is 6.42 Å². The number of hydrogen-bond donors (Lipinski definition) is 1. The van der Waals surface area contributed by atoms with Crippen LogP contribution < -0.4 is 0 Å². The van der Waals surface area contributed by atoms with E-state index < -0.39 is 0 Å². The van der Waals surface area contributed by atoms with E-state index in [4.69, 9.17) is 0 Å². The summed E-state index contributed by atoms with van der Waals surface area (Å²) in [5.74, 6) is -0.159. The fourth-order valence-corrected chi connectivity index (χ4v) is 3.48. The molecule has 0 bridgehead atoms. The van der Waals surface area contributed by atoms with Gasteiger partial charge in [0, 0.05) is 23.6 Å². The smallest absolute Gasteiger partial charge is 0.168 e. The van der Waals surface area contributed by atoms with Crippen LogP contribution >= 0.6 is 0 Å². The van der Waals surface area contributed by atoms with Crippen molar-refractivity contribution >= 4 is 22.8 Å². The summed E-state index contributed by atoms with van der Waals surface area (Å²) in [6.07, 6.45) is 1.35. The van der Waals surface area contributed by atoms with E-state index in [1.165, 1.54) is 6.07 Å². The first-order chi connectivity index (χ1) is 13.0. The second-order valence-corrected chi connectivity index (χ2v) is 7.06. The lowest BCUT2D eigenvalue weighted by Crippen LogP contribution is -2.30. The van der Waals surface area contributed by atoms with E-state index in [9.17, 15) is 14.7 Å². The lowest BCUT2D eigenvalue weighted by molar-refractivity contribution is 0.0893. The standard InChI is InChI=1S/C23H23NO3/c1-24(2)14-18(12-16-6-4-3-5-7-16)23(27)21-10-8-17-13-19(26)9-11-20(17)22(21)15-25/h3-11,13,15,18,26H,12,14H2,1-2H3. The number of nitrogens with zero attached hydrogens (tertiary/aromatic N) is 1. The molecule has 3 aromatic carbocycles.